The van der Waals surface area contributed by atoms with E-state index in [-0.39, 0.29) is 11.8 Å². The lowest BCUT2D eigenvalue weighted by Crippen LogP contribution is -2.31. The molecule has 0 spiro atoms. The molecule has 0 bridgehead atoms. The first-order valence-corrected chi connectivity index (χ1v) is 7.83. The predicted octanol–water partition coefficient (Wildman–Crippen LogP) is 3.14. The van der Waals surface area contributed by atoms with E-state index in [4.69, 9.17) is 0 Å². The van der Waals surface area contributed by atoms with Gasteiger partial charge in [0.25, 0.3) is 11.8 Å². The maximum absolute atomic E-state index is 12.3. The number of carbonyl (C=O) groups is 2. The van der Waals surface area contributed by atoms with Crippen LogP contribution in [0.3, 0.4) is 0 Å². The van der Waals surface area contributed by atoms with E-state index in [9.17, 15) is 9.59 Å². The first-order valence-electron chi connectivity index (χ1n) is 7.83. The van der Waals surface area contributed by atoms with Crippen molar-refractivity contribution in [3.8, 4) is 0 Å². The van der Waals surface area contributed by atoms with Gasteiger partial charge < -0.3 is 9.80 Å². The number of carbonyl (C=O) groups excluding carboxylic acids is 2. The highest BCUT2D eigenvalue weighted by molar-refractivity contribution is 5.97. The predicted molar refractivity (Wildman–Crippen MR) is 90.0 cm³/mol. The van der Waals surface area contributed by atoms with Gasteiger partial charge in [0.15, 0.2) is 0 Å². The van der Waals surface area contributed by atoms with Gasteiger partial charge in [0.05, 0.1) is 0 Å². The van der Waals surface area contributed by atoms with Gasteiger partial charge in [-0.2, -0.15) is 0 Å². The molecule has 0 fully saturated rings. The highest BCUT2D eigenvalue weighted by Gasteiger charge is 2.16. The van der Waals surface area contributed by atoms with Crippen molar-refractivity contribution in [1.82, 2.24) is 9.80 Å². The molecular formula is C18H28N2O2. The summed E-state index contributed by atoms with van der Waals surface area (Å²) in [6, 6.07) is 6.93. The van der Waals surface area contributed by atoms with Crippen molar-refractivity contribution in [2.75, 3.05) is 27.2 Å². The van der Waals surface area contributed by atoms with E-state index in [2.05, 4.69) is 27.7 Å². The third-order valence-electron chi connectivity index (χ3n) is 3.35. The summed E-state index contributed by atoms with van der Waals surface area (Å²) in [4.78, 5) is 28.0. The zero-order chi connectivity index (χ0) is 16.9. The van der Waals surface area contributed by atoms with Gasteiger partial charge in [-0.1, -0.05) is 27.7 Å². The average molecular weight is 304 g/mol. The Morgan fingerprint density at radius 2 is 1.05 bits per heavy atom. The summed E-state index contributed by atoms with van der Waals surface area (Å²) in [5, 5.41) is 0. The zero-order valence-electron chi connectivity index (χ0n) is 14.6. The van der Waals surface area contributed by atoms with Crippen molar-refractivity contribution >= 4 is 11.8 Å². The second kappa shape index (κ2) is 7.97. The van der Waals surface area contributed by atoms with Crippen LogP contribution >= 0.6 is 0 Å². The summed E-state index contributed by atoms with van der Waals surface area (Å²) < 4.78 is 0. The lowest BCUT2D eigenvalue weighted by atomic mass is 10.1. The molecule has 0 saturated heterocycles. The smallest absolute Gasteiger partial charge is 0.253 e. The molecule has 0 heterocycles. The van der Waals surface area contributed by atoms with Crippen LogP contribution in [-0.2, 0) is 0 Å². The number of nitrogens with zero attached hydrogens (tertiary/aromatic N) is 2. The van der Waals surface area contributed by atoms with Gasteiger partial charge in [-0.25, -0.2) is 0 Å². The second-order valence-corrected chi connectivity index (χ2v) is 6.74. The number of amides is 2. The summed E-state index contributed by atoms with van der Waals surface area (Å²) in [7, 11) is 3.61. The fourth-order valence-electron chi connectivity index (χ4n) is 2.46. The summed E-state index contributed by atoms with van der Waals surface area (Å²) >= 11 is 0. The first-order chi connectivity index (χ1) is 10.2. The summed E-state index contributed by atoms with van der Waals surface area (Å²) in [6.45, 7) is 9.76. The van der Waals surface area contributed by atoms with Crippen LogP contribution in [0.15, 0.2) is 24.3 Å². The first kappa shape index (κ1) is 18.2. The molecule has 22 heavy (non-hydrogen) atoms. The molecule has 0 saturated carbocycles. The number of hydrogen-bond donors (Lipinski definition) is 0. The highest BCUT2D eigenvalue weighted by atomic mass is 16.2. The van der Waals surface area contributed by atoms with Gasteiger partial charge in [0.1, 0.15) is 0 Å². The van der Waals surface area contributed by atoms with E-state index in [1.165, 1.54) is 0 Å². The molecule has 4 heteroatoms. The van der Waals surface area contributed by atoms with Crippen molar-refractivity contribution in [1.29, 1.82) is 0 Å². The minimum atomic E-state index is -0.0109. The SMILES string of the molecule is CC(C)CN(C)C(=O)c1ccc(C(=O)N(C)CC(C)C)cc1. The Bertz CT molecular complexity index is 459. The van der Waals surface area contributed by atoms with Crippen molar-refractivity contribution in [3.63, 3.8) is 0 Å². The number of benzene rings is 1. The fraction of sp³-hybridized carbons (Fsp3) is 0.556. The topological polar surface area (TPSA) is 40.6 Å². The summed E-state index contributed by atoms with van der Waals surface area (Å²) in [5.74, 6) is 0.838. The second-order valence-electron chi connectivity index (χ2n) is 6.74. The molecule has 0 radical (unpaired) electrons. The lowest BCUT2D eigenvalue weighted by molar-refractivity contribution is 0.0768. The Morgan fingerprint density at radius 3 is 1.27 bits per heavy atom. The molecule has 1 rings (SSSR count). The normalized spacial score (nSPS) is 10.9. The van der Waals surface area contributed by atoms with Crippen molar-refractivity contribution in [2.24, 2.45) is 11.8 Å². The number of rotatable bonds is 6. The third-order valence-corrected chi connectivity index (χ3v) is 3.35. The lowest BCUT2D eigenvalue weighted by Gasteiger charge is -2.21. The van der Waals surface area contributed by atoms with Gasteiger partial charge in [0.2, 0.25) is 0 Å². The van der Waals surface area contributed by atoms with Gasteiger partial charge in [-0.3, -0.25) is 9.59 Å². The molecule has 0 unspecified atom stereocenters. The van der Waals surface area contributed by atoms with Crippen molar-refractivity contribution < 1.29 is 9.59 Å². The summed E-state index contributed by atoms with van der Waals surface area (Å²) in [5.41, 5.74) is 1.23. The Kier molecular flexibility index (Phi) is 6.60. The van der Waals surface area contributed by atoms with E-state index >= 15 is 0 Å². The van der Waals surface area contributed by atoms with Crippen LogP contribution in [0, 0.1) is 11.8 Å². The average Bonchev–Trinajstić information content (AvgIpc) is 2.44. The number of hydrogen-bond acceptors (Lipinski definition) is 2. The Labute approximate surface area is 134 Å². The van der Waals surface area contributed by atoms with E-state index in [0.717, 1.165) is 13.1 Å². The molecule has 122 valence electrons. The minimum absolute atomic E-state index is 0.0109. The largest absolute Gasteiger partial charge is 0.341 e. The maximum Gasteiger partial charge on any atom is 0.253 e. The maximum atomic E-state index is 12.3. The molecule has 1 aromatic rings. The molecule has 0 N–H and O–H groups in total. The Balaban J connectivity index is 2.78. The minimum Gasteiger partial charge on any atom is -0.341 e. The quantitative estimate of drug-likeness (QED) is 0.810. The van der Waals surface area contributed by atoms with E-state index in [1.807, 2.05) is 0 Å². The molecule has 0 aliphatic rings. The molecule has 0 aliphatic heterocycles. The van der Waals surface area contributed by atoms with Crippen LogP contribution in [0.25, 0.3) is 0 Å². The van der Waals surface area contributed by atoms with E-state index in [1.54, 1.807) is 48.2 Å². The van der Waals surface area contributed by atoms with Crippen LogP contribution in [0.4, 0.5) is 0 Å². The zero-order valence-corrected chi connectivity index (χ0v) is 14.6. The van der Waals surface area contributed by atoms with Crippen LogP contribution < -0.4 is 0 Å². The Morgan fingerprint density at radius 1 is 0.773 bits per heavy atom. The van der Waals surface area contributed by atoms with Crippen LogP contribution in [0.5, 0.6) is 0 Å². The molecule has 0 atom stereocenters. The molecular weight excluding hydrogens is 276 g/mol. The molecule has 0 aliphatic carbocycles. The molecule has 0 aromatic heterocycles. The van der Waals surface area contributed by atoms with Crippen LogP contribution in [0.2, 0.25) is 0 Å². The van der Waals surface area contributed by atoms with Gasteiger partial charge in [-0.05, 0) is 36.1 Å². The molecule has 2 amide bonds. The monoisotopic (exact) mass is 304 g/mol. The van der Waals surface area contributed by atoms with Gasteiger partial charge in [-0.15, -0.1) is 0 Å². The van der Waals surface area contributed by atoms with Crippen LogP contribution in [-0.4, -0.2) is 48.8 Å². The molecule has 1 aromatic carbocycles. The summed E-state index contributed by atoms with van der Waals surface area (Å²) in [6.07, 6.45) is 0. The van der Waals surface area contributed by atoms with Crippen molar-refractivity contribution in [3.05, 3.63) is 35.4 Å². The van der Waals surface area contributed by atoms with Crippen LogP contribution in [0.1, 0.15) is 48.4 Å². The third kappa shape index (κ3) is 5.17. The van der Waals surface area contributed by atoms with E-state index in [0.29, 0.717) is 23.0 Å². The highest BCUT2D eigenvalue weighted by Crippen LogP contribution is 2.11. The van der Waals surface area contributed by atoms with Gasteiger partial charge >= 0.3 is 0 Å². The molecule has 4 nitrogen and oxygen atoms in total. The Hall–Kier alpha value is -1.84. The standard InChI is InChI=1S/C18H28N2O2/c1-13(2)11-19(5)17(21)15-7-9-16(10-8-15)18(22)20(6)12-14(3)4/h7-10,13-14H,11-12H2,1-6H3. The van der Waals surface area contributed by atoms with Crippen molar-refractivity contribution in [2.45, 2.75) is 27.7 Å². The fourth-order valence-corrected chi connectivity index (χ4v) is 2.46. The van der Waals surface area contributed by atoms with Gasteiger partial charge in [0, 0.05) is 38.3 Å². The van der Waals surface area contributed by atoms with E-state index < -0.39 is 0 Å².